The van der Waals surface area contributed by atoms with E-state index in [-0.39, 0.29) is 23.7 Å². The smallest absolute Gasteiger partial charge is 0.263 e. The third-order valence-corrected chi connectivity index (χ3v) is 4.93. The predicted octanol–water partition coefficient (Wildman–Crippen LogP) is 2.98. The summed E-state index contributed by atoms with van der Waals surface area (Å²) in [7, 11) is 0. The first-order valence-corrected chi connectivity index (χ1v) is 8.35. The molecule has 0 bridgehead atoms. The molecule has 5 N–H and O–H groups in total. The fourth-order valence-corrected chi connectivity index (χ4v) is 3.48. The summed E-state index contributed by atoms with van der Waals surface area (Å²) in [6, 6.07) is 2.17. The maximum absolute atomic E-state index is 12.4. The number of nitrogen functional groups attached to an aromatic ring is 2. The topological polar surface area (TPSA) is 118 Å². The van der Waals surface area contributed by atoms with Crippen molar-refractivity contribution in [1.29, 1.82) is 5.26 Å². The number of aromatic nitrogens is 1. The van der Waals surface area contributed by atoms with E-state index in [2.05, 4.69) is 16.4 Å². The van der Waals surface area contributed by atoms with E-state index in [4.69, 9.17) is 11.5 Å². The van der Waals surface area contributed by atoms with E-state index >= 15 is 0 Å². The normalized spacial score (nSPS) is 12.3. The highest BCUT2D eigenvalue weighted by Crippen LogP contribution is 2.40. The summed E-state index contributed by atoms with van der Waals surface area (Å²) in [6.07, 6.45) is 0.831. The van der Waals surface area contributed by atoms with Crippen LogP contribution in [0.2, 0.25) is 0 Å². The Morgan fingerprint density at radius 3 is 2.57 bits per heavy atom. The number of fused-ring (bicyclic) bond motifs is 1. The van der Waals surface area contributed by atoms with Gasteiger partial charge in [0.15, 0.2) is 0 Å². The highest BCUT2D eigenvalue weighted by molar-refractivity contribution is 7.21. The molecule has 2 aromatic heterocycles. The number of nitrogens with zero attached hydrogens (tertiary/aromatic N) is 2. The monoisotopic (exact) mass is 331 g/mol. The SMILES string of the molecule is CCC(C)NC(=O)c1sc2nc(N)c(C#N)c(C(C)C)c2c1N. The van der Waals surface area contributed by atoms with Crippen molar-refractivity contribution in [2.75, 3.05) is 11.5 Å². The Morgan fingerprint density at radius 2 is 2.04 bits per heavy atom. The van der Waals surface area contributed by atoms with Gasteiger partial charge in [-0.3, -0.25) is 4.79 Å². The number of rotatable bonds is 4. The molecule has 0 fully saturated rings. The fraction of sp³-hybridized carbons (Fsp3) is 0.438. The first-order valence-electron chi connectivity index (χ1n) is 7.54. The molecule has 0 aliphatic carbocycles. The Labute approximate surface area is 139 Å². The van der Waals surface area contributed by atoms with Crippen LogP contribution in [0.15, 0.2) is 0 Å². The van der Waals surface area contributed by atoms with Crippen molar-refractivity contribution >= 4 is 39.0 Å². The highest BCUT2D eigenvalue weighted by atomic mass is 32.1. The lowest BCUT2D eigenvalue weighted by Gasteiger charge is -2.12. The van der Waals surface area contributed by atoms with Gasteiger partial charge >= 0.3 is 0 Å². The summed E-state index contributed by atoms with van der Waals surface area (Å²) in [5.74, 6) is 0.00490. The van der Waals surface area contributed by atoms with E-state index in [1.165, 1.54) is 11.3 Å². The summed E-state index contributed by atoms with van der Waals surface area (Å²) in [6.45, 7) is 7.86. The van der Waals surface area contributed by atoms with Crippen LogP contribution in [0, 0.1) is 11.3 Å². The molecular weight excluding hydrogens is 310 g/mol. The zero-order valence-corrected chi connectivity index (χ0v) is 14.5. The minimum atomic E-state index is -0.216. The van der Waals surface area contributed by atoms with Crippen molar-refractivity contribution in [3.63, 3.8) is 0 Å². The first-order chi connectivity index (χ1) is 10.8. The van der Waals surface area contributed by atoms with Crippen LogP contribution in [0.5, 0.6) is 0 Å². The summed E-state index contributed by atoms with van der Waals surface area (Å²) in [5, 5.41) is 13.0. The third-order valence-electron chi connectivity index (χ3n) is 3.83. The fourth-order valence-electron chi connectivity index (χ4n) is 2.45. The van der Waals surface area contributed by atoms with E-state index in [0.29, 0.717) is 26.3 Å². The molecule has 1 amide bonds. The second-order valence-electron chi connectivity index (χ2n) is 5.86. The second kappa shape index (κ2) is 6.42. The van der Waals surface area contributed by atoms with Gasteiger partial charge in [-0.15, -0.1) is 11.3 Å². The number of amides is 1. The summed E-state index contributed by atoms with van der Waals surface area (Å²) < 4.78 is 0. The molecular formula is C16H21N5OS. The van der Waals surface area contributed by atoms with Gasteiger partial charge in [0.1, 0.15) is 21.6 Å². The van der Waals surface area contributed by atoms with Gasteiger partial charge in [-0.25, -0.2) is 4.98 Å². The maximum atomic E-state index is 12.4. The lowest BCUT2D eigenvalue weighted by Crippen LogP contribution is -2.31. The van der Waals surface area contributed by atoms with Crippen LogP contribution in [-0.4, -0.2) is 16.9 Å². The van der Waals surface area contributed by atoms with Crippen molar-refractivity contribution in [2.45, 2.75) is 46.1 Å². The molecule has 122 valence electrons. The number of carbonyl (C=O) groups excluding carboxylic acids is 1. The number of nitrogens with two attached hydrogens (primary N) is 2. The molecule has 0 spiro atoms. The van der Waals surface area contributed by atoms with Gasteiger partial charge in [0.25, 0.3) is 5.91 Å². The van der Waals surface area contributed by atoms with Crippen LogP contribution in [-0.2, 0) is 0 Å². The number of thiophene rings is 1. The molecule has 7 heteroatoms. The molecule has 1 unspecified atom stereocenters. The van der Waals surface area contributed by atoms with Crippen LogP contribution in [0.1, 0.15) is 60.8 Å². The zero-order valence-electron chi connectivity index (χ0n) is 13.7. The molecule has 0 aliphatic heterocycles. The average molecular weight is 331 g/mol. The van der Waals surface area contributed by atoms with Crippen LogP contribution in [0.4, 0.5) is 11.5 Å². The molecule has 0 aromatic carbocycles. The van der Waals surface area contributed by atoms with Crippen LogP contribution in [0.3, 0.4) is 0 Å². The molecule has 0 saturated carbocycles. The Balaban J connectivity index is 2.70. The van der Waals surface area contributed by atoms with Crippen molar-refractivity contribution in [3.8, 4) is 6.07 Å². The first kappa shape index (κ1) is 17.0. The van der Waals surface area contributed by atoms with Gasteiger partial charge < -0.3 is 16.8 Å². The minimum absolute atomic E-state index is 0.0415. The maximum Gasteiger partial charge on any atom is 0.263 e. The van der Waals surface area contributed by atoms with E-state index in [9.17, 15) is 10.1 Å². The Morgan fingerprint density at radius 1 is 1.39 bits per heavy atom. The van der Waals surface area contributed by atoms with Crippen molar-refractivity contribution < 1.29 is 4.79 Å². The Kier molecular flexibility index (Phi) is 4.76. The van der Waals surface area contributed by atoms with E-state index in [0.717, 1.165) is 12.0 Å². The van der Waals surface area contributed by atoms with Gasteiger partial charge in [0.05, 0.1) is 11.3 Å². The summed E-state index contributed by atoms with van der Waals surface area (Å²) >= 11 is 1.21. The number of pyridine rings is 1. The van der Waals surface area contributed by atoms with E-state index in [1.807, 2.05) is 27.7 Å². The molecule has 1 atom stereocenters. The zero-order chi connectivity index (χ0) is 17.3. The lowest BCUT2D eigenvalue weighted by atomic mass is 9.95. The minimum Gasteiger partial charge on any atom is -0.397 e. The molecule has 2 heterocycles. The van der Waals surface area contributed by atoms with Gasteiger partial charge in [-0.2, -0.15) is 5.26 Å². The summed E-state index contributed by atoms with van der Waals surface area (Å²) in [5.41, 5.74) is 13.6. The van der Waals surface area contributed by atoms with Crippen LogP contribution < -0.4 is 16.8 Å². The quantitative estimate of drug-likeness (QED) is 0.796. The molecule has 0 saturated heterocycles. The number of nitrogens with one attached hydrogen (secondary N) is 1. The molecule has 2 aromatic rings. The molecule has 0 radical (unpaired) electrons. The molecule has 0 aliphatic rings. The van der Waals surface area contributed by atoms with Gasteiger partial charge in [0, 0.05) is 11.4 Å². The number of nitriles is 1. The van der Waals surface area contributed by atoms with E-state index in [1.54, 1.807) is 0 Å². The third kappa shape index (κ3) is 2.94. The Hall–Kier alpha value is -2.33. The molecule has 6 nitrogen and oxygen atoms in total. The number of hydrogen-bond donors (Lipinski definition) is 3. The largest absolute Gasteiger partial charge is 0.397 e. The van der Waals surface area contributed by atoms with Crippen molar-refractivity contribution in [2.24, 2.45) is 0 Å². The van der Waals surface area contributed by atoms with E-state index < -0.39 is 0 Å². The number of carbonyl (C=O) groups is 1. The van der Waals surface area contributed by atoms with Crippen LogP contribution >= 0.6 is 11.3 Å². The van der Waals surface area contributed by atoms with Gasteiger partial charge in [0.2, 0.25) is 0 Å². The summed E-state index contributed by atoms with van der Waals surface area (Å²) in [4.78, 5) is 17.7. The number of anilines is 2. The van der Waals surface area contributed by atoms with Gasteiger partial charge in [-0.05, 0) is 24.8 Å². The molecule has 23 heavy (non-hydrogen) atoms. The number of hydrogen-bond acceptors (Lipinski definition) is 6. The van der Waals surface area contributed by atoms with Crippen molar-refractivity contribution in [1.82, 2.24) is 10.3 Å². The van der Waals surface area contributed by atoms with Crippen LogP contribution in [0.25, 0.3) is 10.2 Å². The highest BCUT2D eigenvalue weighted by Gasteiger charge is 2.24. The Bertz CT molecular complexity index is 803. The van der Waals surface area contributed by atoms with Crippen molar-refractivity contribution in [3.05, 3.63) is 16.0 Å². The standard InChI is InChI=1S/C16H21N5OS/c1-5-8(4)20-15(22)13-12(18)11-10(7(2)3)9(6-17)14(19)21-16(11)23-13/h7-8H,5,18H2,1-4H3,(H2,19,21)(H,20,22). The molecule has 2 rings (SSSR count). The predicted molar refractivity (Wildman–Crippen MR) is 94.5 cm³/mol. The van der Waals surface area contributed by atoms with Gasteiger partial charge in [-0.1, -0.05) is 20.8 Å². The lowest BCUT2D eigenvalue weighted by molar-refractivity contribution is 0.0944. The average Bonchev–Trinajstić information content (AvgIpc) is 2.82. The second-order valence-corrected chi connectivity index (χ2v) is 6.86.